The van der Waals surface area contributed by atoms with E-state index in [1.807, 2.05) is 12.3 Å². The zero-order valence-electron chi connectivity index (χ0n) is 10.9. The Morgan fingerprint density at radius 3 is 2.83 bits per heavy atom. The number of aliphatic imine (C=N–C) groups is 1. The normalized spacial score (nSPS) is 21.4. The minimum absolute atomic E-state index is 0.229. The van der Waals surface area contributed by atoms with Crippen molar-refractivity contribution in [1.82, 2.24) is 15.2 Å². The van der Waals surface area contributed by atoms with Crippen molar-refractivity contribution in [3.8, 4) is 0 Å². The first-order valence-electron chi connectivity index (χ1n) is 6.71. The molecule has 0 unspecified atom stereocenters. The van der Waals surface area contributed by atoms with Gasteiger partial charge in [-0.3, -0.25) is 9.98 Å². The lowest BCUT2D eigenvalue weighted by molar-refractivity contribution is 0.235. The first kappa shape index (κ1) is 11.5. The van der Waals surface area contributed by atoms with Gasteiger partial charge in [0.05, 0.1) is 6.54 Å². The molecule has 1 aliphatic heterocycles. The van der Waals surface area contributed by atoms with E-state index in [0.717, 1.165) is 25.6 Å². The first-order valence-corrected chi connectivity index (χ1v) is 6.71. The first-order chi connectivity index (χ1) is 8.80. The minimum atomic E-state index is 0.229. The number of hydrogen-bond donors (Lipinski definition) is 1. The van der Waals surface area contributed by atoms with Crippen molar-refractivity contribution >= 4 is 5.96 Å². The van der Waals surface area contributed by atoms with Gasteiger partial charge in [-0.2, -0.15) is 0 Å². The van der Waals surface area contributed by atoms with Crippen LogP contribution in [-0.4, -0.2) is 42.5 Å². The summed E-state index contributed by atoms with van der Waals surface area (Å²) in [5, 5.41) is 3.51. The van der Waals surface area contributed by atoms with Gasteiger partial charge in [0.25, 0.3) is 0 Å². The van der Waals surface area contributed by atoms with Gasteiger partial charge < -0.3 is 10.2 Å². The Hall–Kier alpha value is -1.58. The monoisotopic (exact) mass is 244 g/mol. The second-order valence-corrected chi connectivity index (χ2v) is 5.33. The molecule has 2 aliphatic rings. The Morgan fingerprint density at radius 2 is 2.28 bits per heavy atom. The third-order valence-corrected chi connectivity index (χ3v) is 4.16. The minimum Gasteiger partial charge on any atom is -0.355 e. The highest BCUT2D eigenvalue weighted by molar-refractivity contribution is 5.81. The lowest BCUT2D eigenvalue weighted by Gasteiger charge is -2.42. The van der Waals surface area contributed by atoms with E-state index in [1.54, 1.807) is 0 Å². The molecule has 3 rings (SSSR count). The van der Waals surface area contributed by atoms with Gasteiger partial charge in [-0.15, -0.1) is 0 Å². The average molecular weight is 244 g/mol. The van der Waals surface area contributed by atoms with Crippen LogP contribution in [0.3, 0.4) is 0 Å². The number of nitrogens with zero attached hydrogens (tertiary/aromatic N) is 3. The number of hydrogen-bond acceptors (Lipinski definition) is 4. The van der Waals surface area contributed by atoms with E-state index < -0.39 is 0 Å². The summed E-state index contributed by atoms with van der Waals surface area (Å²) in [6.07, 6.45) is 5.66. The summed E-state index contributed by atoms with van der Waals surface area (Å²) in [4.78, 5) is 11.2. The number of pyridine rings is 1. The van der Waals surface area contributed by atoms with Gasteiger partial charge >= 0.3 is 0 Å². The summed E-state index contributed by atoms with van der Waals surface area (Å²) >= 11 is 0. The number of nitrogens with one attached hydrogen (secondary N) is 1. The largest absolute Gasteiger partial charge is 0.355 e. The third-order valence-electron chi connectivity index (χ3n) is 4.16. The molecule has 0 aromatic carbocycles. The molecule has 0 saturated heterocycles. The smallest absolute Gasteiger partial charge is 0.193 e. The van der Waals surface area contributed by atoms with E-state index in [9.17, 15) is 0 Å². The quantitative estimate of drug-likeness (QED) is 0.873. The zero-order chi connectivity index (χ0) is 12.4. The Labute approximate surface area is 108 Å². The van der Waals surface area contributed by atoms with Crippen LogP contribution in [0.2, 0.25) is 0 Å². The van der Waals surface area contributed by atoms with Gasteiger partial charge in [0.1, 0.15) is 0 Å². The van der Waals surface area contributed by atoms with Crippen LogP contribution in [0.15, 0.2) is 29.4 Å². The summed E-state index contributed by atoms with van der Waals surface area (Å²) < 4.78 is 0. The molecule has 0 amide bonds. The van der Waals surface area contributed by atoms with E-state index in [0.29, 0.717) is 0 Å². The van der Waals surface area contributed by atoms with Crippen LogP contribution >= 0.6 is 0 Å². The molecule has 0 spiro atoms. The zero-order valence-corrected chi connectivity index (χ0v) is 10.9. The molecule has 4 nitrogen and oxygen atoms in total. The maximum atomic E-state index is 4.54. The highest BCUT2D eigenvalue weighted by Crippen LogP contribution is 2.42. The molecule has 18 heavy (non-hydrogen) atoms. The van der Waals surface area contributed by atoms with Crippen molar-refractivity contribution in [1.29, 1.82) is 0 Å². The summed E-state index contributed by atoms with van der Waals surface area (Å²) in [5.74, 6) is 1.04. The molecule has 1 aromatic heterocycles. The molecule has 1 aromatic rings. The van der Waals surface area contributed by atoms with Crippen LogP contribution in [-0.2, 0) is 5.41 Å². The summed E-state index contributed by atoms with van der Waals surface area (Å²) in [5.41, 5.74) is 1.46. The van der Waals surface area contributed by atoms with Crippen LogP contribution < -0.4 is 5.32 Å². The fourth-order valence-corrected chi connectivity index (χ4v) is 2.78. The molecular weight excluding hydrogens is 224 g/mol. The molecule has 0 bridgehead atoms. The Balaban J connectivity index is 1.70. The van der Waals surface area contributed by atoms with Crippen LogP contribution in [0.1, 0.15) is 25.0 Å². The SMILES string of the molecule is CN1CCN=C1NCC1(c2ccccn2)CCC1. The molecule has 0 radical (unpaired) electrons. The van der Waals surface area contributed by atoms with Crippen molar-refractivity contribution in [2.24, 2.45) is 4.99 Å². The maximum Gasteiger partial charge on any atom is 0.193 e. The van der Waals surface area contributed by atoms with Crippen molar-refractivity contribution in [2.75, 3.05) is 26.7 Å². The number of rotatable bonds is 3. The predicted molar refractivity (Wildman–Crippen MR) is 72.7 cm³/mol. The second-order valence-electron chi connectivity index (χ2n) is 5.33. The van der Waals surface area contributed by atoms with E-state index in [2.05, 4.69) is 39.4 Å². The van der Waals surface area contributed by atoms with E-state index in [1.165, 1.54) is 25.0 Å². The van der Waals surface area contributed by atoms with Gasteiger partial charge in [0, 0.05) is 37.4 Å². The van der Waals surface area contributed by atoms with Gasteiger partial charge in [0.15, 0.2) is 5.96 Å². The number of aromatic nitrogens is 1. The van der Waals surface area contributed by atoms with Gasteiger partial charge in [-0.1, -0.05) is 12.5 Å². The fraction of sp³-hybridized carbons (Fsp3) is 0.571. The van der Waals surface area contributed by atoms with Crippen LogP contribution in [0.5, 0.6) is 0 Å². The van der Waals surface area contributed by atoms with Crippen LogP contribution in [0.4, 0.5) is 0 Å². The molecule has 2 heterocycles. The van der Waals surface area contributed by atoms with E-state index >= 15 is 0 Å². The predicted octanol–water partition coefficient (Wildman–Crippen LogP) is 1.39. The van der Waals surface area contributed by atoms with Gasteiger partial charge in [-0.25, -0.2) is 0 Å². The summed E-state index contributed by atoms with van der Waals surface area (Å²) in [7, 11) is 2.09. The maximum absolute atomic E-state index is 4.54. The Morgan fingerprint density at radius 1 is 1.39 bits per heavy atom. The molecule has 1 N–H and O–H groups in total. The molecule has 96 valence electrons. The number of guanidine groups is 1. The Kier molecular flexibility index (Phi) is 2.94. The highest BCUT2D eigenvalue weighted by Gasteiger charge is 2.40. The van der Waals surface area contributed by atoms with Crippen LogP contribution in [0, 0.1) is 0 Å². The van der Waals surface area contributed by atoms with Crippen molar-refractivity contribution < 1.29 is 0 Å². The fourth-order valence-electron chi connectivity index (χ4n) is 2.78. The van der Waals surface area contributed by atoms with Crippen LogP contribution in [0.25, 0.3) is 0 Å². The average Bonchev–Trinajstić information content (AvgIpc) is 2.75. The molecule has 0 atom stereocenters. The second kappa shape index (κ2) is 4.59. The highest BCUT2D eigenvalue weighted by atomic mass is 15.3. The van der Waals surface area contributed by atoms with Gasteiger partial charge in [0.2, 0.25) is 0 Å². The standard InChI is InChI=1S/C14H20N4/c1-18-10-9-16-13(18)17-11-14(6-4-7-14)12-5-2-3-8-15-12/h2-3,5,8H,4,6-7,9-11H2,1H3,(H,16,17). The Bertz CT molecular complexity index is 436. The van der Waals surface area contributed by atoms with E-state index in [4.69, 9.17) is 0 Å². The van der Waals surface area contributed by atoms with Crippen molar-refractivity contribution in [2.45, 2.75) is 24.7 Å². The lowest BCUT2D eigenvalue weighted by Crippen LogP contribution is -2.48. The molecule has 1 fully saturated rings. The van der Waals surface area contributed by atoms with Crippen molar-refractivity contribution in [3.63, 3.8) is 0 Å². The molecule has 4 heteroatoms. The van der Waals surface area contributed by atoms with Crippen molar-refractivity contribution in [3.05, 3.63) is 30.1 Å². The molecule has 1 saturated carbocycles. The summed E-state index contributed by atoms with van der Waals surface area (Å²) in [6, 6.07) is 6.22. The topological polar surface area (TPSA) is 40.5 Å². The third kappa shape index (κ3) is 1.96. The van der Waals surface area contributed by atoms with Gasteiger partial charge in [-0.05, 0) is 25.0 Å². The molecule has 1 aliphatic carbocycles. The summed E-state index contributed by atoms with van der Waals surface area (Å²) in [6.45, 7) is 2.89. The molecular formula is C14H20N4. The lowest BCUT2D eigenvalue weighted by atomic mass is 9.66. The van der Waals surface area contributed by atoms with E-state index in [-0.39, 0.29) is 5.41 Å². The number of likely N-dealkylation sites (N-methyl/N-ethyl adjacent to an activating group) is 1.